The van der Waals surface area contributed by atoms with Crippen LogP contribution in [0.5, 0.6) is 0 Å². The molecular formula is C22H18FN5O2. The van der Waals surface area contributed by atoms with E-state index in [0.29, 0.717) is 34.8 Å². The highest BCUT2D eigenvalue weighted by Crippen LogP contribution is 2.28. The fraction of sp³-hybridized carbons (Fsp3) is 0.0909. The lowest BCUT2D eigenvalue weighted by Crippen LogP contribution is -2.23. The van der Waals surface area contributed by atoms with E-state index >= 15 is 0 Å². The van der Waals surface area contributed by atoms with Crippen LogP contribution in [0.3, 0.4) is 0 Å². The van der Waals surface area contributed by atoms with Gasteiger partial charge in [-0.15, -0.1) is 0 Å². The molecule has 4 rings (SSSR count). The Labute approximate surface area is 171 Å². The van der Waals surface area contributed by atoms with Crippen molar-refractivity contribution in [2.24, 2.45) is 0 Å². The minimum Gasteiger partial charge on any atom is -0.382 e. The van der Waals surface area contributed by atoms with E-state index in [4.69, 9.17) is 10.3 Å². The number of hydrogen-bond acceptors (Lipinski definition) is 6. The maximum atomic E-state index is 14.7. The van der Waals surface area contributed by atoms with Gasteiger partial charge in [-0.05, 0) is 24.6 Å². The molecule has 8 heteroatoms. The van der Waals surface area contributed by atoms with Gasteiger partial charge >= 0.3 is 0 Å². The number of anilines is 1. The van der Waals surface area contributed by atoms with Crippen LogP contribution in [-0.2, 0) is 6.54 Å². The largest absolute Gasteiger partial charge is 0.382 e. The lowest BCUT2D eigenvalue weighted by atomic mass is 10.1. The van der Waals surface area contributed by atoms with Gasteiger partial charge in [-0.2, -0.15) is 0 Å². The fourth-order valence-electron chi connectivity index (χ4n) is 3.01. The van der Waals surface area contributed by atoms with Crippen LogP contribution >= 0.6 is 0 Å². The molecule has 0 unspecified atom stereocenters. The van der Waals surface area contributed by atoms with E-state index in [1.54, 1.807) is 13.0 Å². The smallest absolute Gasteiger partial charge is 0.254 e. The van der Waals surface area contributed by atoms with Crippen molar-refractivity contribution < 1.29 is 13.7 Å². The van der Waals surface area contributed by atoms with Gasteiger partial charge in [0.1, 0.15) is 23.1 Å². The monoisotopic (exact) mass is 403 g/mol. The highest BCUT2D eigenvalue weighted by atomic mass is 19.1. The molecule has 2 aromatic heterocycles. The predicted octanol–water partition coefficient (Wildman–Crippen LogP) is 3.76. The number of benzene rings is 2. The number of nitrogens with zero attached hydrogens (tertiary/aromatic N) is 3. The number of nitrogens with one attached hydrogen (secondary N) is 1. The van der Waals surface area contributed by atoms with E-state index < -0.39 is 11.7 Å². The molecular weight excluding hydrogens is 385 g/mol. The third kappa shape index (κ3) is 3.88. The number of nitrogen functional groups attached to an aromatic ring is 1. The van der Waals surface area contributed by atoms with E-state index in [-0.39, 0.29) is 11.4 Å². The number of amides is 1. The summed E-state index contributed by atoms with van der Waals surface area (Å²) in [6.07, 6.45) is 3.03. The first-order chi connectivity index (χ1) is 14.5. The summed E-state index contributed by atoms with van der Waals surface area (Å²) in [7, 11) is 0. The van der Waals surface area contributed by atoms with Gasteiger partial charge in [-0.1, -0.05) is 41.6 Å². The molecule has 0 aliphatic heterocycles. The molecule has 0 atom stereocenters. The van der Waals surface area contributed by atoms with Gasteiger partial charge < -0.3 is 15.6 Å². The summed E-state index contributed by atoms with van der Waals surface area (Å²) in [5, 5.41) is 6.44. The van der Waals surface area contributed by atoms with Gasteiger partial charge in [0.25, 0.3) is 5.91 Å². The molecule has 0 spiro atoms. The molecule has 7 nitrogen and oxygen atoms in total. The number of aromatic nitrogens is 3. The van der Waals surface area contributed by atoms with Gasteiger partial charge in [0.15, 0.2) is 0 Å². The zero-order chi connectivity index (χ0) is 21.1. The first-order valence-corrected chi connectivity index (χ1v) is 9.19. The van der Waals surface area contributed by atoms with Gasteiger partial charge in [0.05, 0.1) is 29.2 Å². The number of halogens is 1. The van der Waals surface area contributed by atoms with Crippen LogP contribution in [0.25, 0.3) is 22.5 Å². The number of rotatable bonds is 5. The quantitative estimate of drug-likeness (QED) is 0.525. The average Bonchev–Trinajstić information content (AvgIpc) is 3.19. The van der Waals surface area contributed by atoms with Gasteiger partial charge in [0.2, 0.25) is 0 Å². The van der Waals surface area contributed by atoms with Gasteiger partial charge in [0, 0.05) is 12.1 Å². The number of nitrogens with two attached hydrogens (primary N) is 1. The summed E-state index contributed by atoms with van der Waals surface area (Å²) >= 11 is 0. The van der Waals surface area contributed by atoms with E-state index in [9.17, 15) is 9.18 Å². The zero-order valence-corrected chi connectivity index (χ0v) is 16.1. The van der Waals surface area contributed by atoms with Crippen molar-refractivity contribution in [3.8, 4) is 22.5 Å². The summed E-state index contributed by atoms with van der Waals surface area (Å²) in [6, 6.07) is 13.6. The Kier molecular flexibility index (Phi) is 5.21. The first-order valence-electron chi connectivity index (χ1n) is 9.19. The van der Waals surface area contributed by atoms with Crippen molar-refractivity contribution >= 4 is 11.7 Å². The molecule has 0 saturated carbocycles. The maximum absolute atomic E-state index is 14.7. The molecule has 30 heavy (non-hydrogen) atoms. The summed E-state index contributed by atoms with van der Waals surface area (Å²) in [6.45, 7) is 2.06. The molecule has 2 aromatic carbocycles. The second kappa shape index (κ2) is 8.12. The molecule has 3 N–H and O–H groups in total. The highest BCUT2D eigenvalue weighted by molar-refractivity contribution is 5.95. The standard InChI is InChI=1S/C22H18FN5O2/c1-13-17(11-27-30-13)19-12-25-21(24)20(28-19)15-7-8-16(18(23)9-15)22(29)26-10-14-5-3-2-4-6-14/h2-9,11-12H,10H2,1H3,(H2,24,25)(H,26,29). The van der Waals surface area contributed by atoms with Crippen molar-refractivity contribution in [1.29, 1.82) is 0 Å². The van der Waals surface area contributed by atoms with Crippen LogP contribution < -0.4 is 11.1 Å². The Morgan fingerprint density at radius 3 is 2.67 bits per heavy atom. The topological polar surface area (TPSA) is 107 Å². The van der Waals surface area contributed by atoms with Crippen molar-refractivity contribution in [3.05, 3.63) is 83.6 Å². The van der Waals surface area contributed by atoms with Crippen LogP contribution in [0.2, 0.25) is 0 Å². The minimum absolute atomic E-state index is 0.0627. The molecule has 0 fully saturated rings. The minimum atomic E-state index is -0.675. The fourth-order valence-corrected chi connectivity index (χ4v) is 3.01. The Morgan fingerprint density at radius 2 is 1.97 bits per heavy atom. The molecule has 150 valence electrons. The van der Waals surface area contributed by atoms with E-state index in [0.717, 1.165) is 5.56 Å². The molecule has 0 saturated heterocycles. The van der Waals surface area contributed by atoms with Crippen molar-refractivity contribution in [2.75, 3.05) is 5.73 Å². The third-order valence-corrected chi connectivity index (χ3v) is 4.61. The summed E-state index contributed by atoms with van der Waals surface area (Å²) in [5.41, 5.74) is 8.71. The van der Waals surface area contributed by atoms with Crippen molar-refractivity contribution in [3.63, 3.8) is 0 Å². The lowest BCUT2D eigenvalue weighted by Gasteiger charge is -2.10. The normalized spacial score (nSPS) is 10.7. The Hall–Kier alpha value is -4.07. The number of hydrogen-bond donors (Lipinski definition) is 2. The van der Waals surface area contributed by atoms with E-state index in [1.165, 1.54) is 24.5 Å². The van der Waals surface area contributed by atoms with E-state index in [2.05, 4.69) is 20.4 Å². The summed E-state index contributed by atoms with van der Waals surface area (Å²) in [5.74, 6) is -0.452. The zero-order valence-electron chi connectivity index (χ0n) is 16.1. The second-order valence-corrected chi connectivity index (χ2v) is 6.65. The van der Waals surface area contributed by atoms with Gasteiger partial charge in [-0.3, -0.25) is 4.79 Å². The van der Waals surface area contributed by atoms with Crippen molar-refractivity contribution in [1.82, 2.24) is 20.4 Å². The average molecular weight is 403 g/mol. The Morgan fingerprint density at radius 1 is 1.17 bits per heavy atom. The van der Waals surface area contributed by atoms with Crippen LogP contribution in [0.15, 0.2) is 65.4 Å². The van der Waals surface area contributed by atoms with Gasteiger partial charge in [-0.25, -0.2) is 14.4 Å². The molecule has 2 heterocycles. The molecule has 1 amide bonds. The molecule has 4 aromatic rings. The number of carbonyl (C=O) groups excluding carboxylic acids is 1. The van der Waals surface area contributed by atoms with Crippen LogP contribution in [0, 0.1) is 12.7 Å². The highest BCUT2D eigenvalue weighted by Gasteiger charge is 2.16. The third-order valence-electron chi connectivity index (χ3n) is 4.61. The Bertz CT molecular complexity index is 1210. The predicted molar refractivity (Wildman–Crippen MR) is 110 cm³/mol. The lowest BCUT2D eigenvalue weighted by molar-refractivity contribution is 0.0947. The molecule has 0 aliphatic carbocycles. The summed E-state index contributed by atoms with van der Waals surface area (Å²) < 4.78 is 19.8. The number of carbonyl (C=O) groups is 1. The maximum Gasteiger partial charge on any atom is 0.254 e. The molecule has 0 aliphatic rings. The first kappa shape index (κ1) is 19.3. The molecule has 0 radical (unpaired) electrons. The van der Waals surface area contributed by atoms with Crippen molar-refractivity contribution in [2.45, 2.75) is 13.5 Å². The van der Waals surface area contributed by atoms with E-state index in [1.807, 2.05) is 30.3 Å². The van der Waals surface area contributed by atoms with Crippen LogP contribution in [0.1, 0.15) is 21.7 Å². The SMILES string of the molecule is Cc1oncc1-c1cnc(N)c(-c2ccc(C(=O)NCc3ccccc3)c(F)c2)n1. The summed E-state index contributed by atoms with van der Waals surface area (Å²) in [4.78, 5) is 21.0. The number of aryl methyl sites for hydroxylation is 1. The second-order valence-electron chi connectivity index (χ2n) is 6.65. The van der Waals surface area contributed by atoms with Crippen LogP contribution in [-0.4, -0.2) is 21.0 Å². The van der Waals surface area contributed by atoms with Crippen LogP contribution in [0.4, 0.5) is 10.2 Å². The Balaban J connectivity index is 1.59. The molecule has 0 bridgehead atoms.